The molecular weight excluding hydrogens is 238 g/mol. The van der Waals surface area contributed by atoms with Crippen molar-refractivity contribution in [2.75, 3.05) is 13.7 Å². The van der Waals surface area contributed by atoms with Crippen molar-refractivity contribution in [1.82, 2.24) is 0 Å². The van der Waals surface area contributed by atoms with Crippen LogP contribution in [-0.4, -0.2) is 19.8 Å². The molecule has 0 spiro atoms. The van der Waals surface area contributed by atoms with Crippen LogP contribution in [0.2, 0.25) is 0 Å². The van der Waals surface area contributed by atoms with Gasteiger partial charge in [-0.05, 0) is 55.9 Å². The lowest BCUT2D eigenvalue weighted by Gasteiger charge is -2.16. The normalized spacial score (nSPS) is 17.4. The van der Waals surface area contributed by atoms with E-state index in [1.54, 1.807) is 7.11 Å². The summed E-state index contributed by atoms with van der Waals surface area (Å²) in [4.78, 5) is 0. The summed E-state index contributed by atoms with van der Waals surface area (Å²) in [5.41, 5.74) is 7.05. The molecule has 1 atom stereocenters. The molecule has 3 nitrogen and oxygen atoms in total. The first kappa shape index (κ1) is 14.2. The zero-order valence-electron chi connectivity index (χ0n) is 12.0. The third-order valence-corrected chi connectivity index (χ3v) is 3.76. The van der Waals surface area contributed by atoms with Crippen molar-refractivity contribution < 1.29 is 9.47 Å². The fourth-order valence-corrected chi connectivity index (χ4v) is 2.71. The van der Waals surface area contributed by atoms with E-state index in [1.807, 2.05) is 25.1 Å². The van der Waals surface area contributed by atoms with E-state index in [-0.39, 0.29) is 6.04 Å². The number of rotatable bonds is 6. The van der Waals surface area contributed by atoms with E-state index in [9.17, 15) is 0 Å². The van der Waals surface area contributed by atoms with Crippen LogP contribution in [-0.2, 0) is 6.42 Å². The minimum absolute atomic E-state index is 0.126. The van der Waals surface area contributed by atoms with Gasteiger partial charge in [-0.25, -0.2) is 0 Å². The monoisotopic (exact) mass is 263 g/mol. The Kier molecular flexibility index (Phi) is 5.08. The second kappa shape index (κ2) is 6.80. The van der Waals surface area contributed by atoms with Gasteiger partial charge in [0, 0.05) is 6.04 Å². The minimum Gasteiger partial charge on any atom is -0.497 e. The maximum absolute atomic E-state index is 6.01. The van der Waals surface area contributed by atoms with Gasteiger partial charge in [-0.3, -0.25) is 0 Å². The van der Waals surface area contributed by atoms with Gasteiger partial charge < -0.3 is 15.2 Å². The second-order valence-electron chi connectivity index (χ2n) is 5.62. The topological polar surface area (TPSA) is 44.5 Å². The SMILES string of the molecule is COc1ccc(OCC2CCCC2)c(CC(C)N)c1. The lowest BCUT2D eigenvalue weighted by Crippen LogP contribution is -2.19. The van der Waals surface area contributed by atoms with Gasteiger partial charge >= 0.3 is 0 Å². The second-order valence-corrected chi connectivity index (χ2v) is 5.62. The van der Waals surface area contributed by atoms with Crippen molar-refractivity contribution in [3.05, 3.63) is 23.8 Å². The molecule has 2 rings (SSSR count). The van der Waals surface area contributed by atoms with E-state index in [0.29, 0.717) is 0 Å². The largest absolute Gasteiger partial charge is 0.497 e. The Labute approximate surface area is 116 Å². The van der Waals surface area contributed by atoms with Crippen molar-refractivity contribution in [1.29, 1.82) is 0 Å². The Morgan fingerprint density at radius 1 is 1.32 bits per heavy atom. The molecular formula is C16H25NO2. The van der Waals surface area contributed by atoms with Gasteiger partial charge in [0.05, 0.1) is 13.7 Å². The molecule has 1 unspecified atom stereocenters. The molecule has 0 aromatic heterocycles. The molecule has 0 aliphatic heterocycles. The van der Waals surface area contributed by atoms with Crippen LogP contribution in [0.25, 0.3) is 0 Å². The standard InChI is InChI=1S/C16H25NO2/c1-12(17)9-14-10-15(18-2)7-8-16(14)19-11-13-5-3-4-6-13/h7-8,10,12-13H,3-6,9,11,17H2,1-2H3. The molecule has 1 aliphatic carbocycles. The molecule has 1 saturated carbocycles. The van der Waals surface area contributed by atoms with Gasteiger partial charge in [0.1, 0.15) is 11.5 Å². The average Bonchev–Trinajstić information content (AvgIpc) is 2.89. The zero-order chi connectivity index (χ0) is 13.7. The van der Waals surface area contributed by atoms with Crippen LogP contribution < -0.4 is 15.2 Å². The van der Waals surface area contributed by atoms with E-state index < -0.39 is 0 Å². The van der Waals surface area contributed by atoms with Crippen LogP contribution in [0.3, 0.4) is 0 Å². The van der Waals surface area contributed by atoms with Crippen molar-refractivity contribution in [2.45, 2.75) is 45.1 Å². The molecule has 3 heteroatoms. The van der Waals surface area contributed by atoms with E-state index in [0.717, 1.165) is 36.0 Å². The highest BCUT2D eigenvalue weighted by atomic mass is 16.5. The average molecular weight is 263 g/mol. The number of hydrogen-bond donors (Lipinski definition) is 1. The first-order valence-corrected chi connectivity index (χ1v) is 7.24. The quantitative estimate of drug-likeness (QED) is 0.857. The Balaban J connectivity index is 2.04. The third kappa shape index (κ3) is 4.13. The summed E-state index contributed by atoms with van der Waals surface area (Å²) in [6.07, 6.45) is 6.13. The molecule has 0 saturated heterocycles. The number of hydrogen-bond acceptors (Lipinski definition) is 3. The first-order valence-electron chi connectivity index (χ1n) is 7.24. The number of methoxy groups -OCH3 is 1. The molecule has 2 N–H and O–H groups in total. The fourth-order valence-electron chi connectivity index (χ4n) is 2.71. The van der Waals surface area contributed by atoms with E-state index in [2.05, 4.69) is 0 Å². The Bertz CT molecular complexity index is 398. The van der Waals surface area contributed by atoms with Gasteiger partial charge in [-0.1, -0.05) is 12.8 Å². The van der Waals surface area contributed by atoms with E-state index in [4.69, 9.17) is 15.2 Å². The predicted molar refractivity (Wildman–Crippen MR) is 77.8 cm³/mol. The fraction of sp³-hybridized carbons (Fsp3) is 0.625. The predicted octanol–water partition coefficient (Wildman–Crippen LogP) is 3.15. The zero-order valence-corrected chi connectivity index (χ0v) is 12.0. The van der Waals surface area contributed by atoms with E-state index in [1.165, 1.54) is 25.7 Å². The summed E-state index contributed by atoms with van der Waals surface area (Å²) in [7, 11) is 1.68. The maximum atomic E-state index is 6.01. The smallest absolute Gasteiger partial charge is 0.122 e. The molecule has 0 radical (unpaired) electrons. The lowest BCUT2D eigenvalue weighted by molar-refractivity contribution is 0.249. The molecule has 0 bridgehead atoms. The van der Waals surface area contributed by atoms with Crippen molar-refractivity contribution >= 4 is 0 Å². The van der Waals surface area contributed by atoms with Crippen LogP contribution in [0, 0.1) is 5.92 Å². The highest BCUT2D eigenvalue weighted by Crippen LogP contribution is 2.29. The summed E-state index contributed by atoms with van der Waals surface area (Å²) >= 11 is 0. The number of benzene rings is 1. The van der Waals surface area contributed by atoms with Crippen molar-refractivity contribution in [3.8, 4) is 11.5 Å². The minimum atomic E-state index is 0.126. The number of nitrogens with two attached hydrogens (primary N) is 1. The van der Waals surface area contributed by atoms with Crippen LogP contribution >= 0.6 is 0 Å². The van der Waals surface area contributed by atoms with Gasteiger partial charge in [-0.2, -0.15) is 0 Å². The number of ether oxygens (including phenoxy) is 2. The van der Waals surface area contributed by atoms with Crippen molar-refractivity contribution in [2.24, 2.45) is 11.7 Å². The summed E-state index contributed by atoms with van der Waals surface area (Å²) < 4.78 is 11.3. The van der Waals surface area contributed by atoms with Gasteiger partial charge in [0.25, 0.3) is 0 Å². The summed E-state index contributed by atoms with van der Waals surface area (Å²) in [5.74, 6) is 2.55. The summed E-state index contributed by atoms with van der Waals surface area (Å²) in [6, 6.07) is 6.12. The Hall–Kier alpha value is -1.22. The molecule has 106 valence electrons. The summed E-state index contributed by atoms with van der Waals surface area (Å²) in [6.45, 7) is 2.85. The first-order chi connectivity index (χ1) is 9.19. The molecule has 1 aliphatic rings. The maximum Gasteiger partial charge on any atom is 0.122 e. The molecule has 0 heterocycles. The van der Waals surface area contributed by atoms with Crippen LogP contribution in [0.4, 0.5) is 0 Å². The molecule has 19 heavy (non-hydrogen) atoms. The van der Waals surface area contributed by atoms with Crippen LogP contribution in [0.1, 0.15) is 38.2 Å². The Morgan fingerprint density at radius 2 is 2.05 bits per heavy atom. The van der Waals surface area contributed by atoms with E-state index >= 15 is 0 Å². The van der Waals surface area contributed by atoms with Crippen LogP contribution in [0.5, 0.6) is 11.5 Å². The Morgan fingerprint density at radius 3 is 2.68 bits per heavy atom. The van der Waals surface area contributed by atoms with Gasteiger partial charge in [0.2, 0.25) is 0 Å². The van der Waals surface area contributed by atoms with Crippen LogP contribution in [0.15, 0.2) is 18.2 Å². The highest BCUT2D eigenvalue weighted by molar-refractivity contribution is 5.40. The van der Waals surface area contributed by atoms with Gasteiger partial charge in [-0.15, -0.1) is 0 Å². The molecule has 1 aromatic rings. The van der Waals surface area contributed by atoms with Crippen molar-refractivity contribution in [3.63, 3.8) is 0 Å². The third-order valence-electron chi connectivity index (χ3n) is 3.76. The lowest BCUT2D eigenvalue weighted by atomic mass is 10.1. The highest BCUT2D eigenvalue weighted by Gasteiger charge is 2.16. The molecule has 1 aromatic carbocycles. The summed E-state index contributed by atoms with van der Waals surface area (Å²) in [5, 5.41) is 0. The molecule has 0 amide bonds. The molecule has 1 fully saturated rings. The van der Waals surface area contributed by atoms with Gasteiger partial charge in [0.15, 0.2) is 0 Å².